The molecule has 2 unspecified atom stereocenters. The molecular weight excluding hydrogens is 317 g/mol. The Hall–Kier alpha value is -0.980. The van der Waals surface area contributed by atoms with Crippen LogP contribution in [0.1, 0.15) is 5.56 Å². The Morgan fingerprint density at radius 2 is 2.32 bits per heavy atom. The SMILES string of the molecule is CN(Cc1cc(F)ccc1Br)C1COCC1C(=O)O. The minimum atomic E-state index is -0.854. The second-order valence-electron chi connectivity index (χ2n) is 4.70. The molecule has 2 atom stereocenters. The van der Waals surface area contributed by atoms with Crippen LogP contribution in [0.4, 0.5) is 4.39 Å². The Balaban J connectivity index is 2.10. The molecule has 4 nitrogen and oxygen atoms in total. The Morgan fingerprint density at radius 1 is 1.58 bits per heavy atom. The van der Waals surface area contributed by atoms with Gasteiger partial charge in [0.05, 0.1) is 19.1 Å². The Morgan fingerprint density at radius 3 is 3.00 bits per heavy atom. The number of carboxylic acid groups (broad SMARTS) is 1. The molecule has 104 valence electrons. The predicted octanol–water partition coefficient (Wildman–Crippen LogP) is 2.12. The fourth-order valence-electron chi connectivity index (χ4n) is 2.26. The van der Waals surface area contributed by atoms with Gasteiger partial charge in [-0.1, -0.05) is 15.9 Å². The van der Waals surface area contributed by atoms with Crippen LogP contribution in [0.5, 0.6) is 0 Å². The maximum atomic E-state index is 13.2. The highest BCUT2D eigenvalue weighted by Gasteiger charge is 2.36. The molecule has 6 heteroatoms. The van der Waals surface area contributed by atoms with E-state index in [9.17, 15) is 9.18 Å². The number of nitrogens with zero attached hydrogens (tertiary/aromatic N) is 1. The molecule has 0 aromatic heterocycles. The molecule has 1 aliphatic rings. The monoisotopic (exact) mass is 331 g/mol. The van der Waals surface area contributed by atoms with Crippen molar-refractivity contribution in [3.8, 4) is 0 Å². The summed E-state index contributed by atoms with van der Waals surface area (Å²) in [6.45, 7) is 1.09. The molecule has 0 amide bonds. The number of rotatable bonds is 4. The molecule has 1 fully saturated rings. The Labute approximate surface area is 119 Å². The van der Waals surface area contributed by atoms with Crippen molar-refractivity contribution in [3.05, 3.63) is 34.1 Å². The zero-order chi connectivity index (χ0) is 14.0. The first-order valence-corrected chi connectivity index (χ1v) is 6.73. The highest BCUT2D eigenvalue weighted by atomic mass is 79.9. The van der Waals surface area contributed by atoms with Gasteiger partial charge in [-0.25, -0.2) is 4.39 Å². The second kappa shape index (κ2) is 5.98. The van der Waals surface area contributed by atoms with Crippen molar-refractivity contribution in [3.63, 3.8) is 0 Å². The summed E-state index contributed by atoms with van der Waals surface area (Å²) < 4.78 is 19.3. The summed E-state index contributed by atoms with van der Waals surface area (Å²) in [6, 6.07) is 4.30. The van der Waals surface area contributed by atoms with Gasteiger partial charge >= 0.3 is 5.97 Å². The maximum absolute atomic E-state index is 13.2. The van der Waals surface area contributed by atoms with Crippen LogP contribution in [0.25, 0.3) is 0 Å². The van der Waals surface area contributed by atoms with E-state index in [1.165, 1.54) is 12.1 Å². The highest BCUT2D eigenvalue weighted by Crippen LogP contribution is 2.24. The Bertz CT molecular complexity index is 483. The summed E-state index contributed by atoms with van der Waals surface area (Å²) in [6.07, 6.45) is 0. The summed E-state index contributed by atoms with van der Waals surface area (Å²) in [7, 11) is 1.83. The van der Waals surface area contributed by atoms with Gasteiger partial charge in [0, 0.05) is 17.1 Å². The van der Waals surface area contributed by atoms with Gasteiger partial charge in [0.15, 0.2) is 0 Å². The highest BCUT2D eigenvalue weighted by molar-refractivity contribution is 9.10. The van der Waals surface area contributed by atoms with Crippen LogP contribution in [-0.4, -0.2) is 42.3 Å². The van der Waals surface area contributed by atoms with Crippen LogP contribution in [0, 0.1) is 11.7 Å². The lowest BCUT2D eigenvalue weighted by Crippen LogP contribution is -2.40. The second-order valence-corrected chi connectivity index (χ2v) is 5.55. The summed E-state index contributed by atoms with van der Waals surface area (Å²) in [4.78, 5) is 13.0. The normalized spacial score (nSPS) is 22.9. The zero-order valence-corrected chi connectivity index (χ0v) is 12.1. The smallest absolute Gasteiger partial charge is 0.310 e. The van der Waals surface area contributed by atoms with Gasteiger partial charge in [-0.15, -0.1) is 0 Å². The number of carbonyl (C=O) groups is 1. The molecule has 1 N–H and O–H groups in total. The fourth-order valence-corrected chi connectivity index (χ4v) is 2.64. The van der Waals surface area contributed by atoms with Gasteiger partial charge in [-0.3, -0.25) is 9.69 Å². The van der Waals surface area contributed by atoms with Crippen LogP contribution in [0.3, 0.4) is 0 Å². The fraction of sp³-hybridized carbons (Fsp3) is 0.462. The van der Waals surface area contributed by atoms with E-state index in [4.69, 9.17) is 9.84 Å². The molecule has 0 saturated carbocycles. The third kappa shape index (κ3) is 3.32. The third-order valence-corrected chi connectivity index (χ3v) is 4.13. The van der Waals surface area contributed by atoms with E-state index in [1.807, 2.05) is 11.9 Å². The molecule has 0 aliphatic carbocycles. The van der Waals surface area contributed by atoms with Gasteiger partial charge in [0.25, 0.3) is 0 Å². The summed E-state index contributed by atoms with van der Waals surface area (Å²) in [5.41, 5.74) is 0.790. The largest absolute Gasteiger partial charge is 0.481 e. The lowest BCUT2D eigenvalue weighted by Gasteiger charge is -2.26. The number of carboxylic acids is 1. The molecule has 19 heavy (non-hydrogen) atoms. The first-order valence-electron chi connectivity index (χ1n) is 5.93. The van der Waals surface area contributed by atoms with E-state index in [0.29, 0.717) is 13.2 Å². The standard InChI is InChI=1S/C13H15BrFNO3/c1-16(12-7-19-6-10(12)13(17)18)5-8-4-9(15)2-3-11(8)14/h2-4,10,12H,5-7H2,1H3,(H,17,18). The minimum absolute atomic E-state index is 0.187. The molecule has 1 heterocycles. The lowest BCUT2D eigenvalue weighted by molar-refractivity contribution is -0.143. The molecule has 0 bridgehead atoms. The average molecular weight is 332 g/mol. The van der Waals surface area contributed by atoms with E-state index < -0.39 is 11.9 Å². The number of ether oxygens (including phenoxy) is 1. The van der Waals surface area contributed by atoms with Crippen molar-refractivity contribution in [2.24, 2.45) is 5.92 Å². The van der Waals surface area contributed by atoms with E-state index in [1.54, 1.807) is 6.07 Å². The van der Waals surface area contributed by atoms with E-state index >= 15 is 0 Å². The van der Waals surface area contributed by atoms with E-state index in [2.05, 4.69) is 15.9 Å². The first kappa shape index (κ1) is 14.4. The Kier molecular flexibility index (Phi) is 4.54. The van der Waals surface area contributed by atoms with Crippen molar-refractivity contribution >= 4 is 21.9 Å². The lowest BCUT2D eigenvalue weighted by atomic mass is 10.0. The molecule has 1 aromatic rings. The van der Waals surface area contributed by atoms with Gasteiger partial charge in [-0.05, 0) is 30.8 Å². The molecule has 2 rings (SSSR count). The van der Waals surface area contributed by atoms with Crippen LogP contribution in [0.15, 0.2) is 22.7 Å². The van der Waals surface area contributed by atoms with E-state index in [0.717, 1.165) is 10.0 Å². The van der Waals surface area contributed by atoms with Gasteiger partial charge in [-0.2, -0.15) is 0 Å². The molecular formula is C13H15BrFNO3. The zero-order valence-electron chi connectivity index (χ0n) is 10.5. The number of likely N-dealkylation sites (N-methyl/N-ethyl adjacent to an activating group) is 1. The number of benzene rings is 1. The van der Waals surface area contributed by atoms with Gasteiger partial charge in [0.1, 0.15) is 5.82 Å². The van der Waals surface area contributed by atoms with Gasteiger partial charge < -0.3 is 9.84 Å². The number of hydrogen-bond donors (Lipinski definition) is 1. The average Bonchev–Trinajstić information content (AvgIpc) is 2.83. The number of halogens is 2. The van der Waals surface area contributed by atoms with Crippen LogP contribution in [0.2, 0.25) is 0 Å². The van der Waals surface area contributed by atoms with Crippen LogP contribution in [-0.2, 0) is 16.1 Å². The predicted molar refractivity (Wildman–Crippen MR) is 71.3 cm³/mol. The van der Waals surface area contributed by atoms with Crippen LogP contribution < -0.4 is 0 Å². The topological polar surface area (TPSA) is 49.8 Å². The minimum Gasteiger partial charge on any atom is -0.481 e. The number of hydrogen-bond acceptors (Lipinski definition) is 3. The van der Waals surface area contributed by atoms with Crippen molar-refractivity contribution in [2.75, 3.05) is 20.3 Å². The quantitative estimate of drug-likeness (QED) is 0.918. The van der Waals surface area contributed by atoms with Crippen molar-refractivity contribution in [1.82, 2.24) is 4.90 Å². The summed E-state index contributed by atoms with van der Waals surface area (Å²) >= 11 is 3.37. The number of aliphatic carboxylic acids is 1. The summed E-state index contributed by atoms with van der Waals surface area (Å²) in [5.74, 6) is -1.69. The van der Waals surface area contributed by atoms with Crippen molar-refractivity contribution in [1.29, 1.82) is 0 Å². The molecule has 1 saturated heterocycles. The maximum Gasteiger partial charge on any atom is 0.310 e. The molecule has 1 aromatic carbocycles. The molecule has 1 aliphatic heterocycles. The van der Waals surface area contributed by atoms with Crippen molar-refractivity contribution < 1.29 is 19.0 Å². The van der Waals surface area contributed by atoms with Crippen LogP contribution >= 0.6 is 15.9 Å². The van der Waals surface area contributed by atoms with Gasteiger partial charge in [0.2, 0.25) is 0 Å². The van der Waals surface area contributed by atoms with E-state index in [-0.39, 0.29) is 18.5 Å². The molecule has 0 radical (unpaired) electrons. The molecule has 0 spiro atoms. The first-order chi connectivity index (χ1) is 8.99. The third-order valence-electron chi connectivity index (χ3n) is 3.36. The summed E-state index contributed by atoms with van der Waals surface area (Å²) in [5, 5.41) is 9.12. The van der Waals surface area contributed by atoms with Crippen molar-refractivity contribution in [2.45, 2.75) is 12.6 Å².